The Morgan fingerprint density at radius 2 is 2.27 bits per heavy atom. The third-order valence-corrected chi connectivity index (χ3v) is 6.05. The van der Waals surface area contributed by atoms with Crippen LogP contribution in [0.2, 0.25) is 0 Å². The number of pyridine rings is 1. The Kier molecular flexibility index (Phi) is 8.71. The lowest BCUT2D eigenvalue weighted by Gasteiger charge is -2.23. The number of nitrogens with zero attached hydrogens (tertiary/aromatic N) is 1. The second-order valence-electron chi connectivity index (χ2n) is 6.08. The summed E-state index contributed by atoms with van der Waals surface area (Å²) in [6.45, 7) is 6.69. The van der Waals surface area contributed by atoms with Gasteiger partial charge in [0.2, 0.25) is 0 Å². The van der Waals surface area contributed by atoms with Crippen LogP contribution < -0.4 is 10.0 Å². The van der Waals surface area contributed by atoms with Crippen LogP contribution in [0.3, 0.4) is 0 Å². The van der Waals surface area contributed by atoms with Gasteiger partial charge in [-0.3, -0.25) is 0 Å². The molecule has 0 amide bonds. The van der Waals surface area contributed by atoms with Gasteiger partial charge in [-0.1, -0.05) is 6.92 Å². The molecule has 8 nitrogen and oxygen atoms in total. The van der Waals surface area contributed by atoms with Crippen LogP contribution >= 0.6 is 15.9 Å². The van der Waals surface area contributed by atoms with E-state index in [0.29, 0.717) is 36.7 Å². The minimum Gasteiger partial charge on any atom is -0.381 e. The fourth-order valence-corrected chi connectivity index (χ4v) is 4.33. The van der Waals surface area contributed by atoms with E-state index in [0.717, 1.165) is 6.42 Å². The molecule has 1 saturated heterocycles. The predicted molar refractivity (Wildman–Crippen MR) is 102 cm³/mol. The molecule has 0 bridgehead atoms. The van der Waals surface area contributed by atoms with Crippen molar-refractivity contribution in [2.75, 3.05) is 45.0 Å². The number of hydrogen-bond acceptors (Lipinski definition) is 7. The van der Waals surface area contributed by atoms with Gasteiger partial charge < -0.3 is 19.5 Å². The van der Waals surface area contributed by atoms with Crippen LogP contribution in [0.1, 0.15) is 20.3 Å². The lowest BCUT2D eigenvalue weighted by molar-refractivity contribution is -0.133. The van der Waals surface area contributed by atoms with Gasteiger partial charge in [0.1, 0.15) is 12.6 Å². The normalized spacial score (nSPS) is 19.3. The molecule has 0 spiro atoms. The Morgan fingerprint density at radius 1 is 1.46 bits per heavy atom. The number of nitrogens with one attached hydrogen (secondary N) is 2. The molecule has 1 aliphatic heterocycles. The Labute approximate surface area is 163 Å². The Hall–Kier alpha value is -0.780. The zero-order valence-electron chi connectivity index (χ0n) is 15.0. The van der Waals surface area contributed by atoms with Crippen molar-refractivity contribution in [1.29, 1.82) is 0 Å². The summed E-state index contributed by atoms with van der Waals surface area (Å²) in [6.07, 6.45) is 0.806. The van der Waals surface area contributed by atoms with E-state index in [-0.39, 0.29) is 30.4 Å². The molecule has 148 valence electrons. The lowest BCUT2D eigenvalue weighted by atomic mass is 10.2. The summed E-state index contributed by atoms with van der Waals surface area (Å²) in [5.74, 6) is 0.543. The lowest BCUT2D eigenvalue weighted by Crippen LogP contribution is -2.32. The van der Waals surface area contributed by atoms with Crippen LogP contribution in [-0.2, 0) is 24.2 Å². The fourth-order valence-electron chi connectivity index (χ4n) is 2.29. The van der Waals surface area contributed by atoms with Crippen molar-refractivity contribution in [3.05, 3.63) is 16.6 Å². The van der Waals surface area contributed by atoms with Crippen molar-refractivity contribution in [3.63, 3.8) is 0 Å². The van der Waals surface area contributed by atoms with Crippen LogP contribution in [0.4, 0.5) is 5.82 Å². The van der Waals surface area contributed by atoms with Crippen molar-refractivity contribution >= 4 is 31.8 Å². The standard InChI is InChI=1S/C16H26BrN3O5S/c1-3-23-10-12(2)8-19-26(21,22)16-14(17)4-5-15(20-16)18-9-13-6-7-24-11-25-13/h4-5,12-13,19H,3,6-11H2,1-2H3,(H,18,20). The molecule has 2 unspecified atom stereocenters. The number of anilines is 1. The van der Waals surface area contributed by atoms with Gasteiger partial charge in [-0.25, -0.2) is 18.1 Å². The third kappa shape index (κ3) is 6.75. The van der Waals surface area contributed by atoms with Crippen molar-refractivity contribution in [3.8, 4) is 0 Å². The van der Waals surface area contributed by atoms with Crippen molar-refractivity contribution in [2.45, 2.75) is 31.4 Å². The first-order valence-corrected chi connectivity index (χ1v) is 10.9. The molecule has 0 aliphatic carbocycles. The van der Waals surface area contributed by atoms with E-state index in [9.17, 15) is 8.42 Å². The first kappa shape index (κ1) is 21.5. The topological polar surface area (TPSA) is 98.8 Å². The maximum atomic E-state index is 12.6. The number of halogens is 1. The van der Waals surface area contributed by atoms with Gasteiger partial charge in [-0.15, -0.1) is 0 Å². The minimum atomic E-state index is -3.73. The minimum absolute atomic E-state index is 0.0202. The highest BCUT2D eigenvalue weighted by Crippen LogP contribution is 2.22. The highest BCUT2D eigenvalue weighted by atomic mass is 79.9. The smallest absolute Gasteiger partial charge is 0.259 e. The number of aromatic nitrogens is 1. The maximum Gasteiger partial charge on any atom is 0.259 e. The fraction of sp³-hybridized carbons (Fsp3) is 0.688. The van der Waals surface area contributed by atoms with Gasteiger partial charge in [-0.05, 0) is 47.3 Å². The van der Waals surface area contributed by atoms with Crippen LogP contribution in [0, 0.1) is 5.92 Å². The number of hydrogen-bond donors (Lipinski definition) is 2. The summed E-state index contributed by atoms with van der Waals surface area (Å²) < 4.78 is 44.0. The molecule has 0 aromatic carbocycles. The Bertz CT molecular complexity index is 668. The van der Waals surface area contributed by atoms with Gasteiger partial charge in [0.15, 0.2) is 5.03 Å². The van der Waals surface area contributed by atoms with Crippen molar-refractivity contribution in [2.24, 2.45) is 5.92 Å². The molecule has 1 fully saturated rings. The molecular formula is C16H26BrN3O5S. The molecule has 26 heavy (non-hydrogen) atoms. The molecule has 1 aromatic heterocycles. The number of rotatable bonds is 10. The van der Waals surface area contributed by atoms with Crippen LogP contribution in [-0.4, -0.2) is 59.2 Å². The summed E-state index contributed by atoms with van der Waals surface area (Å²) >= 11 is 3.27. The van der Waals surface area contributed by atoms with Crippen LogP contribution in [0.15, 0.2) is 21.6 Å². The SMILES string of the molecule is CCOCC(C)CNS(=O)(=O)c1nc(NCC2CCOCO2)ccc1Br. The highest BCUT2D eigenvalue weighted by molar-refractivity contribution is 9.10. The molecule has 2 N–H and O–H groups in total. The summed E-state index contributed by atoms with van der Waals surface area (Å²) in [6, 6.07) is 3.39. The van der Waals surface area contributed by atoms with E-state index in [4.69, 9.17) is 14.2 Å². The van der Waals surface area contributed by atoms with Crippen LogP contribution in [0.25, 0.3) is 0 Å². The van der Waals surface area contributed by atoms with Gasteiger partial charge in [0, 0.05) is 19.7 Å². The Balaban J connectivity index is 1.98. The zero-order valence-corrected chi connectivity index (χ0v) is 17.4. The molecule has 0 saturated carbocycles. The molecule has 2 heterocycles. The first-order chi connectivity index (χ1) is 12.4. The molecular weight excluding hydrogens is 426 g/mol. The molecule has 2 atom stereocenters. The largest absolute Gasteiger partial charge is 0.381 e. The summed E-state index contributed by atoms with van der Waals surface area (Å²) in [5.41, 5.74) is 0. The van der Waals surface area contributed by atoms with Gasteiger partial charge in [0.25, 0.3) is 10.0 Å². The Morgan fingerprint density at radius 3 is 2.96 bits per heavy atom. The summed E-state index contributed by atoms with van der Waals surface area (Å²) in [7, 11) is -3.73. The maximum absolute atomic E-state index is 12.6. The van der Waals surface area contributed by atoms with Crippen molar-refractivity contribution in [1.82, 2.24) is 9.71 Å². The van der Waals surface area contributed by atoms with E-state index < -0.39 is 10.0 Å². The molecule has 1 aliphatic rings. The van der Waals surface area contributed by atoms with Crippen LogP contribution in [0.5, 0.6) is 0 Å². The van der Waals surface area contributed by atoms with E-state index in [2.05, 4.69) is 31.0 Å². The zero-order chi connectivity index (χ0) is 19.0. The third-order valence-electron chi connectivity index (χ3n) is 3.78. The monoisotopic (exact) mass is 451 g/mol. The first-order valence-electron chi connectivity index (χ1n) is 8.59. The number of sulfonamides is 1. The quantitative estimate of drug-likeness (QED) is 0.560. The van der Waals surface area contributed by atoms with E-state index in [1.807, 2.05) is 13.8 Å². The molecule has 10 heteroatoms. The van der Waals surface area contributed by atoms with Gasteiger partial charge in [-0.2, -0.15) is 0 Å². The molecule has 2 rings (SSSR count). The summed E-state index contributed by atoms with van der Waals surface area (Å²) in [4.78, 5) is 4.24. The van der Waals surface area contributed by atoms with E-state index >= 15 is 0 Å². The highest BCUT2D eigenvalue weighted by Gasteiger charge is 2.21. The predicted octanol–water partition coefficient (Wildman–Crippen LogP) is 1.97. The average molecular weight is 452 g/mol. The van der Waals surface area contributed by atoms with Gasteiger partial charge >= 0.3 is 0 Å². The second kappa shape index (κ2) is 10.5. The molecule has 0 radical (unpaired) electrons. The summed E-state index contributed by atoms with van der Waals surface area (Å²) in [5, 5.41) is 3.08. The molecule has 1 aromatic rings. The second-order valence-corrected chi connectivity index (χ2v) is 8.62. The van der Waals surface area contributed by atoms with E-state index in [1.165, 1.54) is 0 Å². The number of ether oxygens (including phenoxy) is 3. The van der Waals surface area contributed by atoms with Crippen molar-refractivity contribution < 1.29 is 22.6 Å². The van der Waals surface area contributed by atoms with E-state index in [1.54, 1.807) is 12.1 Å². The average Bonchev–Trinajstić information content (AvgIpc) is 2.64. The van der Waals surface area contributed by atoms with Gasteiger partial charge in [0.05, 0.1) is 23.8 Å².